The molecule has 0 radical (unpaired) electrons. The van der Waals surface area contributed by atoms with E-state index in [0.717, 1.165) is 11.3 Å². The van der Waals surface area contributed by atoms with Crippen molar-refractivity contribution in [2.45, 2.75) is 12.5 Å². The first kappa shape index (κ1) is 13.1. The molecule has 3 aromatic heterocycles. The Balaban J connectivity index is 1.71. The Morgan fingerprint density at radius 2 is 2.09 bits per heavy atom. The van der Waals surface area contributed by atoms with E-state index in [2.05, 4.69) is 5.10 Å². The van der Waals surface area contributed by atoms with Crippen LogP contribution in [0.1, 0.15) is 34.3 Å². The maximum absolute atomic E-state index is 12.6. The average Bonchev–Trinajstić information content (AvgIpc) is 3.35. The van der Waals surface area contributed by atoms with Crippen molar-refractivity contribution in [3.63, 3.8) is 0 Å². The second-order valence-corrected chi connectivity index (χ2v) is 5.70. The van der Waals surface area contributed by atoms with Gasteiger partial charge in [-0.2, -0.15) is 16.4 Å². The van der Waals surface area contributed by atoms with E-state index >= 15 is 0 Å². The van der Waals surface area contributed by atoms with Gasteiger partial charge in [0.25, 0.3) is 0 Å². The molecule has 22 heavy (non-hydrogen) atoms. The summed E-state index contributed by atoms with van der Waals surface area (Å²) in [5.41, 5.74) is 1.92. The van der Waals surface area contributed by atoms with Crippen LogP contribution in [-0.4, -0.2) is 16.6 Å². The number of carbonyl (C=O) groups excluding carboxylic acids is 1. The number of hydrogen-bond acceptors (Lipinski definition) is 5. The van der Waals surface area contributed by atoms with E-state index in [0.29, 0.717) is 12.2 Å². The van der Waals surface area contributed by atoms with Gasteiger partial charge in [-0.25, -0.2) is 5.01 Å². The van der Waals surface area contributed by atoms with Crippen LogP contribution in [0.2, 0.25) is 0 Å². The molecule has 0 bridgehead atoms. The van der Waals surface area contributed by atoms with E-state index in [1.54, 1.807) is 29.7 Å². The Labute approximate surface area is 130 Å². The van der Waals surface area contributed by atoms with Crippen LogP contribution in [0.3, 0.4) is 0 Å². The average molecular weight is 312 g/mol. The van der Waals surface area contributed by atoms with Crippen LogP contribution in [0.15, 0.2) is 67.6 Å². The summed E-state index contributed by atoms with van der Waals surface area (Å²) in [6.07, 6.45) is 3.71. The Morgan fingerprint density at radius 1 is 1.23 bits per heavy atom. The molecule has 110 valence electrons. The molecular formula is C16H12N2O3S. The molecule has 1 unspecified atom stereocenters. The van der Waals surface area contributed by atoms with Gasteiger partial charge in [0.2, 0.25) is 0 Å². The van der Waals surface area contributed by atoms with Gasteiger partial charge in [-0.15, -0.1) is 0 Å². The van der Waals surface area contributed by atoms with E-state index in [1.807, 2.05) is 29.0 Å². The number of hydrogen-bond donors (Lipinski definition) is 0. The van der Waals surface area contributed by atoms with Crippen molar-refractivity contribution >= 4 is 23.0 Å². The van der Waals surface area contributed by atoms with Gasteiger partial charge in [-0.05, 0) is 41.1 Å². The molecule has 1 aliphatic rings. The number of amides is 1. The van der Waals surface area contributed by atoms with E-state index in [9.17, 15) is 4.79 Å². The maximum Gasteiger partial charge on any atom is 0.310 e. The predicted molar refractivity (Wildman–Crippen MR) is 81.8 cm³/mol. The van der Waals surface area contributed by atoms with Crippen LogP contribution in [-0.2, 0) is 0 Å². The summed E-state index contributed by atoms with van der Waals surface area (Å²) < 4.78 is 10.7. The van der Waals surface area contributed by atoms with Crippen molar-refractivity contribution in [3.05, 3.63) is 70.7 Å². The Morgan fingerprint density at radius 3 is 2.77 bits per heavy atom. The summed E-state index contributed by atoms with van der Waals surface area (Å²) >= 11 is 1.61. The molecule has 0 saturated carbocycles. The van der Waals surface area contributed by atoms with Crippen LogP contribution in [0.5, 0.6) is 0 Å². The second-order valence-electron chi connectivity index (χ2n) is 4.92. The molecule has 6 heteroatoms. The molecule has 5 nitrogen and oxygen atoms in total. The lowest BCUT2D eigenvalue weighted by molar-refractivity contribution is 0.0660. The summed E-state index contributed by atoms with van der Waals surface area (Å²) in [7, 11) is 0. The minimum Gasteiger partial charge on any atom is -0.467 e. The zero-order chi connectivity index (χ0) is 14.9. The summed E-state index contributed by atoms with van der Waals surface area (Å²) in [5, 5.41) is 9.98. The van der Waals surface area contributed by atoms with Crippen LogP contribution in [0.4, 0.5) is 0 Å². The van der Waals surface area contributed by atoms with Gasteiger partial charge in [-0.3, -0.25) is 4.79 Å². The molecule has 0 saturated heterocycles. The molecule has 1 atom stereocenters. The fourth-order valence-electron chi connectivity index (χ4n) is 2.52. The third-order valence-corrected chi connectivity index (χ3v) is 4.26. The monoisotopic (exact) mass is 312 g/mol. The van der Waals surface area contributed by atoms with E-state index in [-0.39, 0.29) is 17.7 Å². The maximum atomic E-state index is 12.6. The van der Waals surface area contributed by atoms with Gasteiger partial charge < -0.3 is 8.83 Å². The first-order valence-corrected chi connectivity index (χ1v) is 7.78. The lowest BCUT2D eigenvalue weighted by Gasteiger charge is -2.18. The zero-order valence-electron chi connectivity index (χ0n) is 11.5. The third kappa shape index (κ3) is 2.17. The lowest BCUT2D eigenvalue weighted by atomic mass is 10.0. The summed E-state index contributed by atoms with van der Waals surface area (Å²) in [6.45, 7) is 0. The third-order valence-electron chi connectivity index (χ3n) is 3.58. The first-order chi connectivity index (χ1) is 10.8. The molecule has 0 aromatic carbocycles. The molecule has 0 spiro atoms. The van der Waals surface area contributed by atoms with Gasteiger partial charge >= 0.3 is 5.91 Å². The number of furan rings is 2. The topological polar surface area (TPSA) is 59.0 Å². The van der Waals surface area contributed by atoms with Gasteiger partial charge in [0.15, 0.2) is 5.76 Å². The lowest BCUT2D eigenvalue weighted by Crippen LogP contribution is -2.26. The molecule has 0 aliphatic carbocycles. The molecule has 0 N–H and O–H groups in total. The van der Waals surface area contributed by atoms with E-state index in [1.165, 1.54) is 11.3 Å². The largest absolute Gasteiger partial charge is 0.467 e. The highest BCUT2D eigenvalue weighted by Crippen LogP contribution is 2.34. The number of thiophene rings is 1. The Kier molecular flexibility index (Phi) is 3.16. The molecule has 0 fully saturated rings. The quantitative estimate of drug-likeness (QED) is 0.736. The van der Waals surface area contributed by atoms with Crippen LogP contribution < -0.4 is 0 Å². The van der Waals surface area contributed by atoms with Crippen molar-refractivity contribution < 1.29 is 13.6 Å². The Bertz CT molecular complexity index is 789. The first-order valence-electron chi connectivity index (χ1n) is 6.83. The second kappa shape index (κ2) is 5.31. The number of carbonyl (C=O) groups is 1. The standard InChI is InChI=1S/C16H12N2O3S/c19-16(15-4-2-7-21-15)18-13(14-3-1-6-20-14)9-12(17-18)11-5-8-22-10-11/h1-8,10,13H,9H2. The Hall–Kier alpha value is -2.60. The molecule has 3 aromatic rings. The van der Waals surface area contributed by atoms with E-state index < -0.39 is 0 Å². The predicted octanol–water partition coefficient (Wildman–Crippen LogP) is 3.93. The van der Waals surface area contributed by atoms with Gasteiger partial charge in [0.05, 0.1) is 18.2 Å². The van der Waals surface area contributed by atoms with Crippen LogP contribution >= 0.6 is 11.3 Å². The normalized spacial score (nSPS) is 17.7. The molecule has 4 heterocycles. The summed E-state index contributed by atoms with van der Waals surface area (Å²) in [5.74, 6) is 0.720. The molecular weight excluding hydrogens is 300 g/mol. The SMILES string of the molecule is O=C(c1ccco1)N1N=C(c2ccsc2)CC1c1ccco1. The minimum absolute atomic E-state index is 0.248. The highest BCUT2D eigenvalue weighted by atomic mass is 32.1. The molecule has 4 rings (SSSR count). The van der Waals surface area contributed by atoms with Crippen molar-refractivity contribution in [1.29, 1.82) is 0 Å². The highest BCUT2D eigenvalue weighted by molar-refractivity contribution is 7.08. The highest BCUT2D eigenvalue weighted by Gasteiger charge is 2.36. The van der Waals surface area contributed by atoms with E-state index in [4.69, 9.17) is 8.83 Å². The van der Waals surface area contributed by atoms with Crippen LogP contribution in [0.25, 0.3) is 0 Å². The fraction of sp³-hybridized carbons (Fsp3) is 0.125. The zero-order valence-corrected chi connectivity index (χ0v) is 12.3. The van der Waals surface area contributed by atoms with Gasteiger partial charge in [-0.1, -0.05) is 0 Å². The van der Waals surface area contributed by atoms with Gasteiger partial charge in [0, 0.05) is 12.0 Å². The number of nitrogens with zero attached hydrogens (tertiary/aromatic N) is 2. The van der Waals surface area contributed by atoms with Crippen molar-refractivity contribution in [2.75, 3.05) is 0 Å². The molecule has 1 amide bonds. The summed E-state index contributed by atoms with van der Waals surface area (Å²) in [6, 6.07) is 8.76. The number of hydrazone groups is 1. The van der Waals surface area contributed by atoms with Crippen molar-refractivity contribution in [1.82, 2.24) is 5.01 Å². The van der Waals surface area contributed by atoms with Crippen molar-refractivity contribution in [2.24, 2.45) is 5.10 Å². The summed E-state index contributed by atoms with van der Waals surface area (Å²) in [4.78, 5) is 12.6. The van der Waals surface area contributed by atoms with Gasteiger partial charge in [0.1, 0.15) is 11.8 Å². The minimum atomic E-state index is -0.267. The van der Waals surface area contributed by atoms with Crippen molar-refractivity contribution in [3.8, 4) is 0 Å². The fourth-order valence-corrected chi connectivity index (χ4v) is 3.18. The van der Waals surface area contributed by atoms with Crippen LogP contribution in [0, 0.1) is 0 Å². The smallest absolute Gasteiger partial charge is 0.310 e. The molecule has 1 aliphatic heterocycles. The number of rotatable bonds is 3.